The Morgan fingerprint density at radius 1 is 1.14 bits per heavy atom. The van der Waals surface area contributed by atoms with Crippen LogP contribution in [0.3, 0.4) is 0 Å². The molecule has 0 bridgehead atoms. The number of pyridine rings is 2. The van der Waals surface area contributed by atoms with E-state index in [2.05, 4.69) is 44.5 Å². The van der Waals surface area contributed by atoms with E-state index >= 15 is 0 Å². The van der Waals surface area contributed by atoms with Gasteiger partial charge in [-0.25, -0.2) is 0 Å². The highest BCUT2D eigenvalue weighted by molar-refractivity contribution is 5.59. The Morgan fingerprint density at radius 3 is 2.97 bits per heavy atom. The van der Waals surface area contributed by atoms with Gasteiger partial charge in [-0.05, 0) is 47.5 Å². The van der Waals surface area contributed by atoms with Crippen LogP contribution in [0.25, 0.3) is 0 Å². The zero-order chi connectivity index (χ0) is 25.2. The van der Waals surface area contributed by atoms with Crippen molar-refractivity contribution in [3.8, 4) is 17.2 Å². The molecule has 1 atom stereocenters. The molecule has 1 fully saturated rings. The van der Waals surface area contributed by atoms with E-state index in [1.54, 1.807) is 19.5 Å². The van der Waals surface area contributed by atoms with Crippen LogP contribution in [-0.2, 0) is 17.7 Å². The summed E-state index contributed by atoms with van der Waals surface area (Å²) in [6, 6.07) is 18.1. The van der Waals surface area contributed by atoms with Crippen molar-refractivity contribution in [1.82, 2.24) is 9.97 Å². The molecule has 6 rings (SSSR count). The van der Waals surface area contributed by atoms with Gasteiger partial charge in [-0.3, -0.25) is 9.78 Å². The molecule has 0 spiro atoms. The number of hydrogen-bond donors (Lipinski definition) is 2. The van der Waals surface area contributed by atoms with Gasteiger partial charge >= 0.3 is 0 Å². The first-order valence-corrected chi connectivity index (χ1v) is 12.4. The molecule has 0 aliphatic carbocycles. The van der Waals surface area contributed by atoms with Crippen LogP contribution in [0.2, 0.25) is 0 Å². The van der Waals surface area contributed by atoms with Crippen LogP contribution in [-0.4, -0.2) is 36.8 Å². The number of methoxy groups -OCH3 is 1. The minimum atomic E-state index is -0.192. The fourth-order valence-electron chi connectivity index (χ4n) is 4.96. The van der Waals surface area contributed by atoms with Gasteiger partial charge in [-0.2, -0.15) is 0 Å². The second-order valence-corrected chi connectivity index (χ2v) is 9.21. The molecule has 1 unspecified atom stereocenters. The van der Waals surface area contributed by atoms with Gasteiger partial charge < -0.3 is 29.4 Å². The van der Waals surface area contributed by atoms with Gasteiger partial charge in [0.1, 0.15) is 29.0 Å². The molecule has 2 aliphatic rings. The first kappa shape index (κ1) is 23.1. The maximum absolute atomic E-state index is 12.3. The van der Waals surface area contributed by atoms with Crippen molar-refractivity contribution in [2.24, 2.45) is 0 Å². The second-order valence-electron chi connectivity index (χ2n) is 9.21. The van der Waals surface area contributed by atoms with Crippen LogP contribution in [0.1, 0.15) is 28.4 Å². The van der Waals surface area contributed by atoms with Gasteiger partial charge in [0.25, 0.3) is 5.56 Å². The molecule has 188 valence electrons. The minimum absolute atomic E-state index is 0.0875. The maximum Gasteiger partial charge on any atom is 0.271 e. The normalized spacial score (nSPS) is 16.4. The van der Waals surface area contributed by atoms with E-state index in [4.69, 9.17) is 14.2 Å². The van der Waals surface area contributed by atoms with E-state index in [0.717, 1.165) is 51.6 Å². The summed E-state index contributed by atoms with van der Waals surface area (Å²) < 4.78 is 17.9. The summed E-state index contributed by atoms with van der Waals surface area (Å²) >= 11 is 0. The molecule has 2 aromatic carbocycles. The van der Waals surface area contributed by atoms with Crippen molar-refractivity contribution in [2.45, 2.75) is 19.1 Å². The first-order chi connectivity index (χ1) is 18.2. The quantitative estimate of drug-likeness (QED) is 0.353. The number of nitrogens with zero attached hydrogens (tertiary/aromatic N) is 2. The smallest absolute Gasteiger partial charge is 0.271 e. The highest BCUT2D eigenvalue weighted by atomic mass is 16.5. The van der Waals surface area contributed by atoms with E-state index in [1.807, 2.05) is 36.5 Å². The summed E-state index contributed by atoms with van der Waals surface area (Å²) in [6.45, 7) is 2.44. The van der Waals surface area contributed by atoms with Gasteiger partial charge in [-0.15, -0.1) is 0 Å². The Hall–Kier alpha value is -4.30. The van der Waals surface area contributed by atoms with Crippen molar-refractivity contribution in [3.63, 3.8) is 0 Å². The van der Waals surface area contributed by atoms with E-state index in [-0.39, 0.29) is 11.7 Å². The Bertz CT molecular complexity index is 1480. The molecule has 4 aromatic rings. The van der Waals surface area contributed by atoms with Crippen molar-refractivity contribution < 1.29 is 14.2 Å². The van der Waals surface area contributed by atoms with Crippen molar-refractivity contribution in [2.75, 3.05) is 37.0 Å². The molecule has 2 N–H and O–H groups in total. The number of morpholine rings is 1. The van der Waals surface area contributed by atoms with Gasteiger partial charge in [0.05, 0.1) is 19.9 Å². The van der Waals surface area contributed by atoms with Gasteiger partial charge in [0, 0.05) is 55.3 Å². The average molecular weight is 497 g/mol. The fourth-order valence-corrected chi connectivity index (χ4v) is 4.96. The standard InChI is InChI=1S/C29H28N4O4/c1-35-23-12-19(15-30-17-23)16-32-22-7-8-26-21(14-22)13-20-4-2-5-24(28(20)37-26)27-18-33(10-11-36-27)25-6-3-9-31-29(25)34/h2-9,12,14-15,17,27,32H,10-11,13,16,18H2,1H3,(H,31,34). The van der Waals surface area contributed by atoms with Gasteiger partial charge in [0.2, 0.25) is 0 Å². The Morgan fingerprint density at radius 2 is 2.08 bits per heavy atom. The van der Waals surface area contributed by atoms with E-state index in [1.165, 1.54) is 0 Å². The van der Waals surface area contributed by atoms with Crippen molar-refractivity contribution in [3.05, 3.63) is 106 Å². The lowest BCUT2D eigenvalue weighted by molar-refractivity contribution is 0.0383. The molecule has 0 amide bonds. The van der Waals surface area contributed by atoms with Crippen LogP contribution in [0.5, 0.6) is 17.2 Å². The number of fused-ring (bicyclic) bond motifs is 2. The second kappa shape index (κ2) is 9.99. The number of anilines is 2. The number of benzene rings is 2. The largest absolute Gasteiger partial charge is 0.495 e. The van der Waals surface area contributed by atoms with Crippen LogP contribution in [0.4, 0.5) is 11.4 Å². The molecule has 8 heteroatoms. The molecule has 8 nitrogen and oxygen atoms in total. The summed E-state index contributed by atoms with van der Waals surface area (Å²) in [6.07, 6.45) is 5.76. The highest BCUT2D eigenvalue weighted by Crippen LogP contribution is 2.43. The summed E-state index contributed by atoms with van der Waals surface area (Å²) in [5.74, 6) is 2.44. The number of aromatic amines is 1. The van der Waals surface area contributed by atoms with Crippen molar-refractivity contribution >= 4 is 11.4 Å². The van der Waals surface area contributed by atoms with E-state index < -0.39 is 0 Å². The average Bonchev–Trinajstić information content (AvgIpc) is 2.95. The zero-order valence-electron chi connectivity index (χ0n) is 20.6. The van der Waals surface area contributed by atoms with E-state index in [9.17, 15) is 4.79 Å². The lowest BCUT2D eigenvalue weighted by Gasteiger charge is -2.35. The number of para-hydroxylation sites is 1. The summed E-state index contributed by atoms with van der Waals surface area (Å²) in [5.41, 5.74) is 5.89. The summed E-state index contributed by atoms with van der Waals surface area (Å²) in [5, 5.41) is 3.47. The third-order valence-corrected chi connectivity index (χ3v) is 6.83. The van der Waals surface area contributed by atoms with Gasteiger partial charge in [0.15, 0.2) is 0 Å². The lowest BCUT2D eigenvalue weighted by Crippen LogP contribution is -2.41. The van der Waals surface area contributed by atoms with Crippen LogP contribution in [0, 0.1) is 0 Å². The summed E-state index contributed by atoms with van der Waals surface area (Å²) in [4.78, 5) is 21.4. The monoisotopic (exact) mass is 496 g/mol. The topological polar surface area (TPSA) is 88.7 Å². The molecule has 2 aliphatic heterocycles. The number of nitrogens with one attached hydrogen (secondary N) is 2. The predicted octanol–water partition coefficient (Wildman–Crippen LogP) is 4.67. The summed E-state index contributed by atoms with van der Waals surface area (Å²) in [7, 11) is 1.64. The third-order valence-electron chi connectivity index (χ3n) is 6.83. The molecule has 2 aromatic heterocycles. The Labute approximate surface area is 214 Å². The third kappa shape index (κ3) is 4.75. The molecule has 0 saturated carbocycles. The molecular formula is C29H28N4O4. The van der Waals surface area contributed by atoms with E-state index in [0.29, 0.717) is 31.9 Å². The predicted molar refractivity (Wildman–Crippen MR) is 142 cm³/mol. The number of rotatable bonds is 6. The molecule has 1 saturated heterocycles. The first-order valence-electron chi connectivity index (χ1n) is 12.4. The SMILES string of the molecule is COc1cncc(CNc2ccc3c(c2)Cc2cccc(C4CN(c5ccc[nH]c5=O)CCO4)c2O3)c1. The molecule has 37 heavy (non-hydrogen) atoms. The van der Waals surface area contributed by atoms with Gasteiger partial charge in [-0.1, -0.05) is 18.2 Å². The molecular weight excluding hydrogens is 468 g/mol. The zero-order valence-corrected chi connectivity index (χ0v) is 20.6. The van der Waals surface area contributed by atoms with Crippen molar-refractivity contribution in [1.29, 1.82) is 0 Å². The van der Waals surface area contributed by atoms with Crippen LogP contribution >= 0.6 is 0 Å². The molecule has 0 radical (unpaired) electrons. The lowest BCUT2D eigenvalue weighted by atomic mass is 9.95. The van der Waals surface area contributed by atoms with Crippen LogP contribution < -0.4 is 25.2 Å². The highest BCUT2D eigenvalue weighted by Gasteiger charge is 2.29. The number of hydrogen-bond acceptors (Lipinski definition) is 7. The number of ether oxygens (including phenoxy) is 3. The maximum atomic E-state index is 12.3. The Balaban J connectivity index is 1.20. The fraction of sp³-hybridized carbons (Fsp3) is 0.241. The molecule has 4 heterocycles. The number of H-pyrrole nitrogens is 1. The number of aromatic nitrogens is 2. The van der Waals surface area contributed by atoms with Crippen LogP contribution in [0.15, 0.2) is 78.0 Å². The Kier molecular flexibility index (Phi) is 6.24. The minimum Gasteiger partial charge on any atom is -0.495 e.